The van der Waals surface area contributed by atoms with Crippen molar-refractivity contribution in [1.29, 1.82) is 0 Å². The van der Waals surface area contributed by atoms with Gasteiger partial charge in [-0.3, -0.25) is 0 Å². The lowest BCUT2D eigenvalue weighted by Crippen LogP contribution is -2.31. The van der Waals surface area contributed by atoms with Crippen LogP contribution in [0, 0.1) is 6.92 Å². The van der Waals surface area contributed by atoms with Gasteiger partial charge in [0.2, 0.25) is 5.89 Å². The molecule has 0 saturated carbocycles. The molecule has 4 rings (SSSR count). The largest absolute Gasteiger partial charge is 0.493 e. The van der Waals surface area contributed by atoms with Gasteiger partial charge in [-0.2, -0.15) is 0 Å². The van der Waals surface area contributed by atoms with Crippen molar-refractivity contribution in [2.45, 2.75) is 25.6 Å². The third-order valence-corrected chi connectivity index (χ3v) is 6.21. The van der Waals surface area contributed by atoms with Crippen molar-refractivity contribution in [1.82, 2.24) is 4.98 Å². The number of esters is 1. The Labute approximate surface area is 198 Å². The zero-order valence-electron chi connectivity index (χ0n) is 20.5. The number of carbonyl (C=O) groups excluding carboxylic acids is 1. The van der Waals surface area contributed by atoms with Crippen LogP contribution in [-0.4, -0.2) is 43.0 Å². The summed E-state index contributed by atoms with van der Waals surface area (Å²) in [5.74, 6) is 0.845. The van der Waals surface area contributed by atoms with E-state index in [1.54, 1.807) is 37.3 Å². The molecule has 0 aliphatic rings. The number of fused-ring (bicyclic) bond motifs is 1. The van der Waals surface area contributed by atoms with Crippen LogP contribution >= 0.6 is 11.3 Å². The van der Waals surface area contributed by atoms with Gasteiger partial charge in [-0.15, -0.1) is 11.3 Å². The number of methoxy groups -OCH3 is 2. The molecular formula is C25H25NO6S. The molecular weight excluding hydrogens is 442 g/mol. The zero-order chi connectivity index (χ0) is 25.1. The summed E-state index contributed by atoms with van der Waals surface area (Å²) in [7, 11) is 2.59. The Bertz CT molecular complexity index is 1330. The highest BCUT2D eigenvalue weighted by Crippen LogP contribution is 2.37. The van der Waals surface area contributed by atoms with E-state index in [0.717, 1.165) is 10.1 Å². The highest BCUT2D eigenvalue weighted by atomic mass is 32.1. The summed E-state index contributed by atoms with van der Waals surface area (Å²) >= 11 is 1.43. The quantitative estimate of drug-likeness (QED) is 0.355. The van der Waals surface area contributed by atoms with E-state index in [2.05, 4.69) is 4.98 Å². The number of aryl methyl sites for hydroxylation is 1. The summed E-state index contributed by atoms with van der Waals surface area (Å²) in [6.07, 6.45) is -1.87. The molecule has 1 N–H and O–H groups in total. The first-order valence-electron chi connectivity index (χ1n) is 11.3. The standard InChI is InChI=1S/C25H25NO6S/c1-15-19(26-24(32-15)16-7-5-4-6-8-16)11-13-31-20-10-9-18(23-17(20)12-14-33-23)21(27)22(29-2)25(28)30-3/h4-10,12,14,21-22,27H,11,13H2,1-3H3/i7D,8D. The average Bonchev–Trinajstić information content (AvgIpc) is 3.46. The Morgan fingerprint density at radius 3 is 2.76 bits per heavy atom. The van der Waals surface area contributed by atoms with Crippen molar-refractivity contribution in [3.63, 3.8) is 0 Å². The smallest absolute Gasteiger partial charge is 0.338 e. The Morgan fingerprint density at radius 1 is 1.24 bits per heavy atom. The number of carbonyl (C=O) groups is 1. The Kier molecular flexibility index (Phi) is 6.29. The van der Waals surface area contributed by atoms with Crippen LogP contribution in [-0.2, 0) is 20.7 Å². The van der Waals surface area contributed by atoms with Crippen molar-refractivity contribution in [2.24, 2.45) is 0 Å². The molecule has 2 heterocycles. The van der Waals surface area contributed by atoms with E-state index >= 15 is 0 Å². The lowest BCUT2D eigenvalue weighted by molar-refractivity contribution is -0.159. The zero-order valence-corrected chi connectivity index (χ0v) is 19.3. The normalized spacial score (nSPS) is 13.9. The van der Waals surface area contributed by atoms with Crippen molar-refractivity contribution < 1.29 is 31.3 Å². The molecule has 0 saturated heterocycles. The van der Waals surface area contributed by atoms with Gasteiger partial charge in [-0.1, -0.05) is 24.3 Å². The highest BCUT2D eigenvalue weighted by Gasteiger charge is 2.30. The predicted molar refractivity (Wildman–Crippen MR) is 125 cm³/mol. The van der Waals surface area contributed by atoms with Crippen LogP contribution in [0.5, 0.6) is 5.75 Å². The number of thiophene rings is 1. The molecule has 0 fully saturated rings. The van der Waals surface area contributed by atoms with E-state index in [9.17, 15) is 9.90 Å². The molecule has 8 heteroatoms. The lowest BCUT2D eigenvalue weighted by Gasteiger charge is -2.20. The van der Waals surface area contributed by atoms with Crippen molar-refractivity contribution in [3.05, 3.63) is 70.9 Å². The lowest BCUT2D eigenvalue weighted by atomic mass is 10.0. The van der Waals surface area contributed by atoms with Gasteiger partial charge in [-0.25, -0.2) is 9.78 Å². The van der Waals surface area contributed by atoms with E-state index in [4.69, 9.17) is 21.4 Å². The summed E-state index contributed by atoms with van der Waals surface area (Å²) in [4.78, 5) is 16.5. The maximum absolute atomic E-state index is 12.0. The molecule has 0 aliphatic carbocycles. The van der Waals surface area contributed by atoms with E-state index in [1.807, 2.05) is 11.4 Å². The van der Waals surface area contributed by atoms with E-state index in [-0.39, 0.29) is 18.0 Å². The molecule has 4 aromatic rings. The van der Waals surface area contributed by atoms with Crippen LogP contribution in [0.2, 0.25) is 0 Å². The molecule has 7 nitrogen and oxygen atoms in total. The van der Waals surface area contributed by atoms with E-state index in [1.165, 1.54) is 25.6 Å². The monoisotopic (exact) mass is 469 g/mol. The number of oxazole rings is 1. The number of aliphatic hydroxyl groups is 1. The number of nitrogens with zero attached hydrogens (tertiary/aromatic N) is 1. The van der Waals surface area contributed by atoms with Crippen LogP contribution in [0.25, 0.3) is 21.5 Å². The molecule has 33 heavy (non-hydrogen) atoms. The third kappa shape index (κ3) is 4.78. The SMILES string of the molecule is [2H]c1cccc([2H])c1-c1nc(CCOc2ccc(C(O)C(OC)C(=O)OC)c3sccc23)c(C)o1. The Morgan fingerprint density at radius 2 is 2.03 bits per heavy atom. The number of aromatic nitrogens is 1. The highest BCUT2D eigenvalue weighted by molar-refractivity contribution is 7.17. The number of aliphatic hydroxyl groups excluding tert-OH is 1. The van der Waals surface area contributed by atoms with Crippen LogP contribution in [0.1, 0.15) is 25.9 Å². The summed E-state index contributed by atoms with van der Waals surface area (Å²) < 4.78 is 38.6. The number of ether oxygens (including phenoxy) is 3. The molecule has 172 valence electrons. The molecule has 2 aromatic heterocycles. The fourth-order valence-electron chi connectivity index (χ4n) is 3.55. The van der Waals surface area contributed by atoms with Crippen molar-refractivity contribution >= 4 is 27.4 Å². The van der Waals surface area contributed by atoms with Crippen LogP contribution < -0.4 is 4.74 Å². The van der Waals surface area contributed by atoms with Crippen molar-refractivity contribution in [2.75, 3.05) is 20.8 Å². The average molecular weight is 470 g/mol. The topological polar surface area (TPSA) is 91.0 Å². The van der Waals surface area contributed by atoms with E-state index in [0.29, 0.717) is 41.4 Å². The molecule has 0 bridgehead atoms. The van der Waals surface area contributed by atoms with Crippen molar-refractivity contribution in [3.8, 4) is 17.2 Å². The van der Waals surface area contributed by atoms with Gasteiger partial charge in [0.15, 0.2) is 6.10 Å². The first kappa shape index (κ1) is 20.4. The summed E-state index contributed by atoms with van der Waals surface area (Å²) in [6, 6.07) is 10.6. The van der Waals surface area contributed by atoms with Crippen LogP contribution in [0.15, 0.2) is 58.3 Å². The van der Waals surface area contributed by atoms with Gasteiger partial charge in [0.1, 0.15) is 17.6 Å². The summed E-state index contributed by atoms with van der Waals surface area (Å²) in [5, 5.41) is 13.5. The molecule has 0 radical (unpaired) electrons. The minimum absolute atomic E-state index is 0.187. The molecule has 0 spiro atoms. The molecule has 2 atom stereocenters. The second-order valence-corrected chi connectivity index (χ2v) is 8.17. The Hall–Kier alpha value is -3.20. The maximum atomic E-state index is 12.0. The van der Waals surface area contributed by atoms with Crippen LogP contribution in [0.4, 0.5) is 0 Å². The van der Waals surface area contributed by atoms with Gasteiger partial charge in [0, 0.05) is 34.7 Å². The minimum Gasteiger partial charge on any atom is -0.493 e. The van der Waals surface area contributed by atoms with Crippen LogP contribution in [0.3, 0.4) is 0 Å². The molecule has 2 aromatic carbocycles. The first-order valence-corrected chi connectivity index (χ1v) is 11.2. The number of rotatable bonds is 9. The fourth-order valence-corrected chi connectivity index (χ4v) is 4.51. The van der Waals surface area contributed by atoms with Gasteiger partial charge in [0.25, 0.3) is 0 Å². The third-order valence-electron chi connectivity index (χ3n) is 5.25. The van der Waals surface area contributed by atoms with E-state index < -0.39 is 18.2 Å². The summed E-state index contributed by atoms with van der Waals surface area (Å²) in [6.45, 7) is 2.11. The number of hydrogen-bond donors (Lipinski definition) is 1. The Balaban J connectivity index is 1.51. The maximum Gasteiger partial charge on any atom is 0.338 e. The molecule has 0 amide bonds. The second-order valence-electron chi connectivity index (χ2n) is 7.25. The van der Waals surface area contributed by atoms with Gasteiger partial charge in [0.05, 0.1) is 22.2 Å². The first-order chi connectivity index (χ1) is 16.8. The summed E-state index contributed by atoms with van der Waals surface area (Å²) in [5.41, 5.74) is 1.60. The fraction of sp³-hybridized carbons (Fsp3) is 0.280. The number of benzene rings is 2. The predicted octanol–water partition coefficient (Wildman–Crippen LogP) is 4.71. The minimum atomic E-state index is -1.19. The number of hydrogen-bond acceptors (Lipinski definition) is 8. The van der Waals surface area contributed by atoms with Gasteiger partial charge in [-0.05, 0) is 36.5 Å². The van der Waals surface area contributed by atoms with Gasteiger partial charge >= 0.3 is 5.97 Å². The molecule has 0 aliphatic heterocycles. The van der Waals surface area contributed by atoms with Gasteiger partial charge < -0.3 is 23.7 Å². The molecule has 2 unspecified atom stereocenters. The second kappa shape index (κ2) is 10.2.